The summed E-state index contributed by atoms with van der Waals surface area (Å²) in [4.78, 5) is 17.8. The van der Waals surface area contributed by atoms with Gasteiger partial charge in [0.05, 0.1) is 10.6 Å². The van der Waals surface area contributed by atoms with E-state index in [0.29, 0.717) is 27.8 Å². The standard InChI is InChI=1S/C18H19N5OS2/c1-5-8-23-15(21-22-18(23)25)14-12(4)19-17(26-14)20-16(24)13-7-6-10(2)11(3)9-13/h5-7,9H,1,8H2,2-4H3,(H,22,25)(H,19,20,24). The van der Waals surface area contributed by atoms with Gasteiger partial charge in [-0.05, 0) is 56.2 Å². The van der Waals surface area contributed by atoms with Gasteiger partial charge < -0.3 is 0 Å². The number of amides is 1. The molecule has 0 saturated heterocycles. The van der Waals surface area contributed by atoms with Crippen LogP contribution in [0.3, 0.4) is 0 Å². The first-order valence-electron chi connectivity index (χ1n) is 8.03. The Balaban J connectivity index is 1.89. The number of nitrogens with zero attached hydrogens (tertiary/aromatic N) is 3. The van der Waals surface area contributed by atoms with Crippen LogP contribution in [0.1, 0.15) is 27.2 Å². The van der Waals surface area contributed by atoms with Crippen molar-refractivity contribution in [3.63, 3.8) is 0 Å². The van der Waals surface area contributed by atoms with Crippen LogP contribution in [0.5, 0.6) is 0 Å². The van der Waals surface area contributed by atoms with Gasteiger partial charge in [-0.2, -0.15) is 5.10 Å². The molecule has 26 heavy (non-hydrogen) atoms. The number of H-pyrrole nitrogens is 1. The lowest BCUT2D eigenvalue weighted by molar-refractivity contribution is 0.102. The Labute approximate surface area is 160 Å². The molecular formula is C18H19N5OS2. The first-order chi connectivity index (χ1) is 12.4. The topological polar surface area (TPSA) is 75.6 Å². The molecule has 6 nitrogen and oxygen atoms in total. The fraction of sp³-hybridized carbons (Fsp3) is 0.222. The number of aryl methyl sites for hydroxylation is 3. The Morgan fingerprint density at radius 3 is 2.85 bits per heavy atom. The van der Waals surface area contributed by atoms with Crippen LogP contribution >= 0.6 is 23.6 Å². The summed E-state index contributed by atoms with van der Waals surface area (Å²) in [5.74, 6) is 0.509. The van der Waals surface area contributed by atoms with Gasteiger partial charge in [0.25, 0.3) is 5.91 Å². The second kappa shape index (κ2) is 7.35. The van der Waals surface area contributed by atoms with Crippen molar-refractivity contribution in [2.75, 3.05) is 5.32 Å². The number of thiazole rings is 1. The number of hydrogen-bond donors (Lipinski definition) is 2. The summed E-state index contributed by atoms with van der Waals surface area (Å²) in [6, 6.07) is 5.63. The summed E-state index contributed by atoms with van der Waals surface area (Å²) in [6.45, 7) is 10.2. The number of hydrogen-bond acceptors (Lipinski definition) is 5. The average Bonchev–Trinajstić information content (AvgIpc) is 3.13. The minimum atomic E-state index is -0.182. The Bertz CT molecular complexity index is 1040. The lowest BCUT2D eigenvalue weighted by Crippen LogP contribution is -2.12. The van der Waals surface area contributed by atoms with Crippen LogP contribution in [0.4, 0.5) is 5.13 Å². The minimum Gasteiger partial charge on any atom is -0.298 e. The van der Waals surface area contributed by atoms with Crippen LogP contribution < -0.4 is 5.32 Å². The Hall–Kier alpha value is -2.58. The van der Waals surface area contributed by atoms with E-state index in [4.69, 9.17) is 12.2 Å². The van der Waals surface area contributed by atoms with Crippen molar-refractivity contribution < 1.29 is 4.79 Å². The molecule has 1 aromatic carbocycles. The van der Waals surface area contributed by atoms with Crippen LogP contribution in [0.15, 0.2) is 30.9 Å². The van der Waals surface area contributed by atoms with Crippen LogP contribution in [0.25, 0.3) is 10.7 Å². The number of aromatic amines is 1. The third-order valence-electron chi connectivity index (χ3n) is 4.06. The van der Waals surface area contributed by atoms with E-state index in [1.807, 2.05) is 43.5 Å². The number of nitrogens with one attached hydrogen (secondary N) is 2. The number of carbonyl (C=O) groups is 1. The molecule has 0 saturated carbocycles. The van der Waals surface area contributed by atoms with E-state index in [9.17, 15) is 4.79 Å². The molecule has 2 heterocycles. The number of carbonyl (C=O) groups excluding carboxylic acids is 1. The zero-order valence-corrected chi connectivity index (χ0v) is 16.4. The highest BCUT2D eigenvalue weighted by atomic mass is 32.1. The predicted octanol–water partition coefficient (Wildman–Crippen LogP) is 4.43. The van der Waals surface area contributed by atoms with Crippen molar-refractivity contribution in [3.8, 4) is 10.7 Å². The van der Waals surface area contributed by atoms with Crippen molar-refractivity contribution >= 4 is 34.6 Å². The van der Waals surface area contributed by atoms with Gasteiger partial charge in [0.15, 0.2) is 15.7 Å². The molecule has 0 aliphatic rings. The van der Waals surface area contributed by atoms with Crippen molar-refractivity contribution in [2.45, 2.75) is 27.3 Å². The summed E-state index contributed by atoms with van der Waals surface area (Å²) in [5, 5.41) is 10.5. The normalized spacial score (nSPS) is 10.7. The molecule has 3 aromatic rings. The SMILES string of the molecule is C=CCn1c(-c2sc(NC(=O)c3ccc(C)c(C)c3)nc2C)n[nH]c1=S. The van der Waals surface area contributed by atoms with E-state index in [0.717, 1.165) is 21.7 Å². The number of benzene rings is 1. The van der Waals surface area contributed by atoms with Crippen LogP contribution in [0, 0.1) is 25.5 Å². The van der Waals surface area contributed by atoms with Gasteiger partial charge in [-0.3, -0.25) is 19.8 Å². The molecule has 0 fully saturated rings. The second-order valence-electron chi connectivity index (χ2n) is 5.94. The van der Waals surface area contributed by atoms with E-state index < -0.39 is 0 Å². The number of allylic oxidation sites excluding steroid dienone is 1. The summed E-state index contributed by atoms with van der Waals surface area (Å²) >= 11 is 6.63. The lowest BCUT2D eigenvalue weighted by Gasteiger charge is -2.05. The van der Waals surface area contributed by atoms with E-state index in [-0.39, 0.29) is 5.91 Å². The summed E-state index contributed by atoms with van der Waals surface area (Å²) in [6.07, 6.45) is 1.76. The molecule has 0 spiro atoms. The molecule has 0 radical (unpaired) electrons. The van der Waals surface area contributed by atoms with Gasteiger partial charge in [-0.25, -0.2) is 4.98 Å². The maximum atomic E-state index is 12.5. The van der Waals surface area contributed by atoms with Gasteiger partial charge >= 0.3 is 0 Å². The predicted molar refractivity (Wildman–Crippen MR) is 107 cm³/mol. The highest BCUT2D eigenvalue weighted by Crippen LogP contribution is 2.32. The van der Waals surface area contributed by atoms with E-state index >= 15 is 0 Å². The van der Waals surface area contributed by atoms with Gasteiger partial charge in [0.2, 0.25) is 0 Å². The first kappa shape index (κ1) is 18.2. The van der Waals surface area contributed by atoms with E-state index in [1.165, 1.54) is 11.3 Å². The molecule has 3 rings (SSSR count). The summed E-state index contributed by atoms with van der Waals surface area (Å²) < 4.78 is 2.37. The molecule has 0 atom stereocenters. The maximum absolute atomic E-state index is 12.5. The summed E-state index contributed by atoms with van der Waals surface area (Å²) in [5.41, 5.74) is 3.62. The van der Waals surface area contributed by atoms with Crippen LogP contribution in [-0.4, -0.2) is 25.7 Å². The fourth-order valence-electron chi connectivity index (χ4n) is 2.50. The molecule has 0 aliphatic carbocycles. The molecule has 1 amide bonds. The zero-order valence-electron chi connectivity index (χ0n) is 14.8. The van der Waals surface area contributed by atoms with Gasteiger partial charge in [0, 0.05) is 12.1 Å². The lowest BCUT2D eigenvalue weighted by atomic mass is 10.1. The second-order valence-corrected chi connectivity index (χ2v) is 7.32. The Morgan fingerprint density at radius 2 is 2.15 bits per heavy atom. The van der Waals surface area contributed by atoms with Crippen molar-refractivity contribution in [3.05, 3.63) is 58.0 Å². The highest BCUT2D eigenvalue weighted by molar-refractivity contribution is 7.71. The van der Waals surface area contributed by atoms with Gasteiger partial charge in [-0.1, -0.05) is 23.5 Å². The van der Waals surface area contributed by atoms with Gasteiger partial charge in [-0.15, -0.1) is 6.58 Å². The molecule has 0 bridgehead atoms. The van der Waals surface area contributed by atoms with Crippen LogP contribution in [-0.2, 0) is 6.54 Å². The average molecular weight is 386 g/mol. The first-order valence-corrected chi connectivity index (χ1v) is 9.25. The Kier molecular flexibility index (Phi) is 5.15. The monoisotopic (exact) mass is 385 g/mol. The summed E-state index contributed by atoms with van der Waals surface area (Å²) in [7, 11) is 0. The third-order valence-corrected chi connectivity index (χ3v) is 5.44. The number of aromatic nitrogens is 4. The van der Waals surface area contributed by atoms with E-state index in [1.54, 1.807) is 6.08 Å². The molecule has 0 unspecified atom stereocenters. The largest absolute Gasteiger partial charge is 0.298 e. The maximum Gasteiger partial charge on any atom is 0.257 e. The quantitative estimate of drug-likeness (QED) is 0.503. The fourth-order valence-corrected chi connectivity index (χ4v) is 3.67. The number of anilines is 1. The highest BCUT2D eigenvalue weighted by Gasteiger charge is 2.17. The number of rotatable bonds is 5. The molecule has 134 valence electrons. The van der Waals surface area contributed by atoms with Crippen molar-refractivity contribution in [1.29, 1.82) is 0 Å². The third kappa shape index (κ3) is 3.51. The van der Waals surface area contributed by atoms with Crippen molar-refractivity contribution in [2.24, 2.45) is 0 Å². The van der Waals surface area contributed by atoms with Crippen molar-refractivity contribution in [1.82, 2.24) is 19.7 Å². The molecule has 8 heteroatoms. The van der Waals surface area contributed by atoms with Crippen LogP contribution in [0.2, 0.25) is 0 Å². The zero-order chi connectivity index (χ0) is 18.8. The van der Waals surface area contributed by atoms with Gasteiger partial charge in [0.1, 0.15) is 0 Å². The molecule has 2 aromatic heterocycles. The minimum absolute atomic E-state index is 0.182. The Morgan fingerprint density at radius 1 is 1.38 bits per heavy atom. The van der Waals surface area contributed by atoms with E-state index in [2.05, 4.69) is 27.1 Å². The molecular weight excluding hydrogens is 366 g/mol. The molecule has 0 aliphatic heterocycles. The molecule has 2 N–H and O–H groups in total. The smallest absolute Gasteiger partial charge is 0.257 e.